The smallest absolute Gasteiger partial charge is 0.227 e. The molecule has 3 aromatic rings. The van der Waals surface area contributed by atoms with Gasteiger partial charge in [-0.05, 0) is 49.2 Å². The molecule has 0 radical (unpaired) electrons. The molecule has 1 saturated carbocycles. The lowest BCUT2D eigenvalue weighted by Crippen LogP contribution is -2.27. The third kappa shape index (κ3) is 2.26. The van der Waals surface area contributed by atoms with Crippen molar-refractivity contribution < 1.29 is 4.79 Å². The lowest BCUT2D eigenvalue weighted by Gasteiger charge is -2.24. The molecule has 22 heavy (non-hydrogen) atoms. The minimum Gasteiger partial charge on any atom is -0.326 e. The zero-order valence-corrected chi connectivity index (χ0v) is 12.2. The lowest BCUT2D eigenvalue weighted by molar-refractivity contribution is -0.122. The molecule has 4 nitrogen and oxygen atoms in total. The maximum absolute atomic E-state index is 12.0. The van der Waals surface area contributed by atoms with Crippen LogP contribution >= 0.6 is 0 Å². The summed E-state index contributed by atoms with van der Waals surface area (Å²) in [4.78, 5) is 16.4. The third-order valence-corrected chi connectivity index (χ3v) is 4.34. The SMILES string of the molecule is O=C(Nc1ccc(-n2cnc3ccccc32)cc1)C1CCC1. The molecule has 0 spiro atoms. The first-order valence-corrected chi connectivity index (χ1v) is 7.65. The number of benzene rings is 2. The van der Waals surface area contributed by atoms with E-state index in [4.69, 9.17) is 0 Å². The van der Waals surface area contributed by atoms with E-state index in [1.54, 1.807) is 0 Å². The van der Waals surface area contributed by atoms with Gasteiger partial charge in [-0.15, -0.1) is 0 Å². The minimum atomic E-state index is 0.145. The van der Waals surface area contributed by atoms with Crippen LogP contribution in [0.1, 0.15) is 19.3 Å². The first-order chi connectivity index (χ1) is 10.8. The molecule has 1 fully saturated rings. The molecule has 1 N–H and O–H groups in total. The van der Waals surface area contributed by atoms with Crippen molar-refractivity contribution in [1.29, 1.82) is 0 Å². The van der Waals surface area contributed by atoms with Crippen molar-refractivity contribution in [2.45, 2.75) is 19.3 Å². The van der Waals surface area contributed by atoms with Gasteiger partial charge >= 0.3 is 0 Å². The van der Waals surface area contributed by atoms with Gasteiger partial charge in [-0.1, -0.05) is 18.6 Å². The number of nitrogens with one attached hydrogen (secondary N) is 1. The molecule has 1 aliphatic rings. The highest BCUT2D eigenvalue weighted by atomic mass is 16.1. The summed E-state index contributed by atoms with van der Waals surface area (Å²) in [5, 5.41) is 2.99. The number of para-hydroxylation sites is 2. The molecule has 4 rings (SSSR count). The summed E-state index contributed by atoms with van der Waals surface area (Å²) in [6.45, 7) is 0. The van der Waals surface area contributed by atoms with Crippen molar-refractivity contribution in [2.24, 2.45) is 5.92 Å². The number of carbonyl (C=O) groups is 1. The van der Waals surface area contributed by atoms with Gasteiger partial charge in [0.05, 0.1) is 11.0 Å². The largest absolute Gasteiger partial charge is 0.326 e. The van der Waals surface area contributed by atoms with Gasteiger partial charge in [-0.2, -0.15) is 0 Å². The Balaban J connectivity index is 1.57. The van der Waals surface area contributed by atoms with Crippen LogP contribution in [0.25, 0.3) is 16.7 Å². The molecule has 1 amide bonds. The molecular weight excluding hydrogens is 274 g/mol. The normalized spacial score (nSPS) is 14.7. The van der Waals surface area contributed by atoms with E-state index in [-0.39, 0.29) is 11.8 Å². The van der Waals surface area contributed by atoms with Crippen LogP contribution in [0.5, 0.6) is 0 Å². The zero-order chi connectivity index (χ0) is 14.9. The number of hydrogen-bond donors (Lipinski definition) is 1. The number of rotatable bonds is 3. The van der Waals surface area contributed by atoms with Crippen molar-refractivity contribution in [3.05, 3.63) is 54.9 Å². The van der Waals surface area contributed by atoms with Gasteiger partial charge < -0.3 is 5.32 Å². The fraction of sp³-hybridized carbons (Fsp3) is 0.222. The van der Waals surface area contributed by atoms with E-state index < -0.39 is 0 Å². The van der Waals surface area contributed by atoms with E-state index in [0.717, 1.165) is 35.2 Å². The summed E-state index contributed by atoms with van der Waals surface area (Å²) in [5.41, 5.74) is 3.94. The van der Waals surface area contributed by atoms with Crippen molar-refractivity contribution in [3.63, 3.8) is 0 Å². The molecule has 0 unspecified atom stereocenters. The van der Waals surface area contributed by atoms with Crippen molar-refractivity contribution >= 4 is 22.6 Å². The Morgan fingerprint density at radius 3 is 2.59 bits per heavy atom. The van der Waals surface area contributed by atoms with Gasteiger partial charge in [-0.25, -0.2) is 4.98 Å². The average Bonchev–Trinajstić information content (AvgIpc) is 2.90. The predicted octanol–water partition coefficient (Wildman–Crippen LogP) is 3.76. The van der Waals surface area contributed by atoms with Gasteiger partial charge in [0.2, 0.25) is 5.91 Å². The molecule has 0 aliphatic heterocycles. The Hall–Kier alpha value is -2.62. The lowest BCUT2D eigenvalue weighted by atomic mass is 9.85. The second-order valence-corrected chi connectivity index (χ2v) is 5.77. The van der Waals surface area contributed by atoms with Crippen molar-refractivity contribution in [3.8, 4) is 5.69 Å². The highest BCUT2D eigenvalue weighted by Gasteiger charge is 2.25. The van der Waals surface area contributed by atoms with E-state index in [9.17, 15) is 4.79 Å². The van der Waals surface area contributed by atoms with Crippen LogP contribution in [0.15, 0.2) is 54.9 Å². The summed E-state index contributed by atoms with van der Waals surface area (Å²) >= 11 is 0. The summed E-state index contributed by atoms with van der Waals surface area (Å²) in [5.74, 6) is 0.351. The number of imidazole rings is 1. The van der Waals surface area contributed by atoms with Crippen LogP contribution in [-0.4, -0.2) is 15.5 Å². The summed E-state index contributed by atoms with van der Waals surface area (Å²) in [6, 6.07) is 15.9. The number of aromatic nitrogens is 2. The Morgan fingerprint density at radius 1 is 1.09 bits per heavy atom. The Morgan fingerprint density at radius 2 is 1.86 bits per heavy atom. The second kappa shape index (κ2) is 5.30. The topological polar surface area (TPSA) is 46.9 Å². The maximum atomic E-state index is 12.0. The van der Waals surface area contributed by atoms with Crippen LogP contribution in [0.2, 0.25) is 0 Å². The average molecular weight is 291 g/mol. The van der Waals surface area contributed by atoms with Crippen LogP contribution in [0.4, 0.5) is 5.69 Å². The van der Waals surface area contributed by atoms with Crippen LogP contribution < -0.4 is 5.32 Å². The molecular formula is C18H17N3O. The van der Waals surface area contributed by atoms with Gasteiger partial charge in [0.25, 0.3) is 0 Å². The van der Waals surface area contributed by atoms with Gasteiger partial charge in [0, 0.05) is 17.3 Å². The van der Waals surface area contributed by atoms with E-state index in [0.29, 0.717) is 0 Å². The van der Waals surface area contributed by atoms with Gasteiger partial charge in [0.1, 0.15) is 6.33 Å². The third-order valence-electron chi connectivity index (χ3n) is 4.34. The molecule has 1 aliphatic carbocycles. The summed E-state index contributed by atoms with van der Waals surface area (Å²) in [6.07, 6.45) is 5.03. The molecule has 110 valence electrons. The number of fused-ring (bicyclic) bond motifs is 1. The van der Waals surface area contributed by atoms with Crippen LogP contribution in [-0.2, 0) is 4.79 Å². The molecule has 1 heterocycles. The molecule has 2 aromatic carbocycles. The second-order valence-electron chi connectivity index (χ2n) is 5.77. The fourth-order valence-corrected chi connectivity index (χ4v) is 2.79. The molecule has 1 aromatic heterocycles. The van der Waals surface area contributed by atoms with Crippen LogP contribution in [0, 0.1) is 5.92 Å². The summed E-state index contributed by atoms with van der Waals surface area (Å²) in [7, 11) is 0. The van der Waals surface area contributed by atoms with E-state index in [1.807, 2.05) is 53.4 Å². The highest BCUT2D eigenvalue weighted by Crippen LogP contribution is 2.28. The predicted molar refractivity (Wildman–Crippen MR) is 87.0 cm³/mol. The summed E-state index contributed by atoms with van der Waals surface area (Å²) < 4.78 is 2.05. The zero-order valence-electron chi connectivity index (χ0n) is 12.2. The number of hydrogen-bond acceptors (Lipinski definition) is 2. The number of carbonyl (C=O) groups excluding carboxylic acids is 1. The first kappa shape index (κ1) is 13.1. The quantitative estimate of drug-likeness (QED) is 0.798. The van der Waals surface area contributed by atoms with Crippen molar-refractivity contribution in [2.75, 3.05) is 5.32 Å². The maximum Gasteiger partial charge on any atom is 0.227 e. The molecule has 0 bridgehead atoms. The molecule has 0 atom stereocenters. The highest BCUT2D eigenvalue weighted by molar-refractivity contribution is 5.93. The fourth-order valence-electron chi connectivity index (χ4n) is 2.79. The Bertz CT molecular complexity index is 816. The van der Waals surface area contributed by atoms with E-state index in [1.165, 1.54) is 6.42 Å². The Labute approximate surface area is 128 Å². The number of nitrogens with zero attached hydrogens (tertiary/aromatic N) is 2. The van der Waals surface area contributed by atoms with E-state index in [2.05, 4.69) is 16.4 Å². The number of amides is 1. The van der Waals surface area contributed by atoms with Gasteiger partial charge in [0.15, 0.2) is 0 Å². The Kier molecular flexibility index (Phi) is 3.15. The minimum absolute atomic E-state index is 0.145. The van der Waals surface area contributed by atoms with E-state index >= 15 is 0 Å². The van der Waals surface area contributed by atoms with Gasteiger partial charge in [-0.3, -0.25) is 9.36 Å². The monoisotopic (exact) mass is 291 g/mol. The standard InChI is InChI=1S/C18H17N3O/c22-18(13-4-3-5-13)20-14-8-10-15(11-9-14)21-12-19-16-6-1-2-7-17(16)21/h1-2,6-13H,3-5H2,(H,20,22). The molecule has 0 saturated heterocycles. The number of anilines is 1. The first-order valence-electron chi connectivity index (χ1n) is 7.65. The molecule has 4 heteroatoms. The van der Waals surface area contributed by atoms with Crippen LogP contribution in [0.3, 0.4) is 0 Å². The van der Waals surface area contributed by atoms with Crippen molar-refractivity contribution in [1.82, 2.24) is 9.55 Å².